The van der Waals surface area contributed by atoms with E-state index in [2.05, 4.69) is 9.26 Å². The van der Waals surface area contributed by atoms with Crippen LogP contribution in [0.3, 0.4) is 0 Å². The van der Waals surface area contributed by atoms with Gasteiger partial charge in [-0.25, -0.2) is 0 Å². The van der Waals surface area contributed by atoms with Crippen LogP contribution in [-0.2, 0) is 13.8 Å². The highest BCUT2D eigenvalue weighted by atomic mass is 31.2. The SMILES string of the molecule is O=P([O-])([O-])OC[C@H]1OC(O)C[C@@H]1O. The van der Waals surface area contributed by atoms with Crippen LogP contribution < -0.4 is 9.79 Å². The molecule has 8 heteroatoms. The van der Waals surface area contributed by atoms with Crippen molar-refractivity contribution >= 4 is 7.82 Å². The highest BCUT2D eigenvalue weighted by Gasteiger charge is 2.32. The molecule has 2 N–H and O–H groups in total. The van der Waals surface area contributed by atoms with Crippen LogP contribution in [0.15, 0.2) is 0 Å². The molecule has 1 saturated heterocycles. The Bertz CT molecular complexity index is 213. The van der Waals surface area contributed by atoms with E-state index in [4.69, 9.17) is 10.2 Å². The van der Waals surface area contributed by atoms with E-state index in [1.54, 1.807) is 0 Å². The minimum atomic E-state index is -5.04. The molecule has 0 spiro atoms. The zero-order valence-electron chi connectivity index (χ0n) is 6.53. The Hall–Kier alpha value is -0.0100. The van der Waals surface area contributed by atoms with E-state index >= 15 is 0 Å². The molecule has 1 unspecified atom stereocenters. The summed E-state index contributed by atoms with van der Waals surface area (Å²) in [6.07, 6.45) is -3.13. The highest BCUT2D eigenvalue weighted by molar-refractivity contribution is 7.43. The first-order valence-electron chi connectivity index (χ1n) is 3.56. The maximum atomic E-state index is 10.0. The van der Waals surface area contributed by atoms with Gasteiger partial charge in [0, 0.05) is 6.42 Å². The first-order chi connectivity index (χ1) is 5.88. The topological polar surface area (TPSA) is 122 Å². The number of hydrogen-bond acceptors (Lipinski definition) is 7. The molecule has 0 aromatic heterocycles. The number of aliphatic hydroxyl groups is 2. The predicted molar refractivity (Wildman–Crippen MR) is 35.1 cm³/mol. The van der Waals surface area contributed by atoms with Crippen LogP contribution in [0, 0.1) is 0 Å². The highest BCUT2D eigenvalue weighted by Crippen LogP contribution is 2.27. The number of phosphoric acid groups is 1. The van der Waals surface area contributed by atoms with Crippen LogP contribution in [0.1, 0.15) is 6.42 Å². The Labute approximate surface area is 74.1 Å². The molecule has 1 fully saturated rings. The summed E-state index contributed by atoms with van der Waals surface area (Å²) < 4.78 is 18.6. The van der Waals surface area contributed by atoms with Crippen LogP contribution in [-0.4, -0.2) is 35.3 Å². The van der Waals surface area contributed by atoms with Gasteiger partial charge in [-0.2, -0.15) is 0 Å². The summed E-state index contributed by atoms with van der Waals surface area (Å²) in [6, 6.07) is 0. The number of rotatable bonds is 3. The molecule has 0 aromatic rings. The number of aliphatic hydroxyl groups excluding tert-OH is 2. The van der Waals surface area contributed by atoms with Gasteiger partial charge in [-0.05, 0) is 0 Å². The van der Waals surface area contributed by atoms with Crippen LogP contribution in [0.4, 0.5) is 0 Å². The monoisotopic (exact) mass is 212 g/mol. The molecule has 0 aromatic carbocycles. The van der Waals surface area contributed by atoms with Gasteiger partial charge in [-0.3, -0.25) is 0 Å². The van der Waals surface area contributed by atoms with Crippen LogP contribution in [0.5, 0.6) is 0 Å². The molecule has 1 aliphatic rings. The maximum absolute atomic E-state index is 10.0. The van der Waals surface area contributed by atoms with Gasteiger partial charge in [-0.15, -0.1) is 0 Å². The average Bonchev–Trinajstić information content (AvgIpc) is 2.24. The third-order valence-electron chi connectivity index (χ3n) is 1.60. The van der Waals surface area contributed by atoms with Crippen molar-refractivity contribution in [2.75, 3.05) is 6.61 Å². The number of ether oxygens (including phenoxy) is 1. The molecular weight excluding hydrogens is 203 g/mol. The Morgan fingerprint density at radius 2 is 2.15 bits per heavy atom. The zero-order chi connectivity index (χ0) is 10.1. The molecule has 3 atom stereocenters. The van der Waals surface area contributed by atoms with Gasteiger partial charge in [-0.1, -0.05) is 0 Å². The lowest BCUT2D eigenvalue weighted by Gasteiger charge is -2.30. The Morgan fingerprint density at radius 1 is 1.54 bits per heavy atom. The molecular formula is C5H9O7P-2. The Morgan fingerprint density at radius 3 is 2.54 bits per heavy atom. The van der Waals surface area contributed by atoms with Crippen LogP contribution in [0.2, 0.25) is 0 Å². The minimum absolute atomic E-state index is 0.0178. The molecule has 0 bridgehead atoms. The standard InChI is InChI=1S/C5H11O7P/c6-3-1-5(7)12-4(3)2-11-13(8,9)10/h3-7H,1-2H2,(H2,8,9,10)/p-2/t3-,4+,5?/m0/s1. The summed E-state index contributed by atoms with van der Waals surface area (Å²) in [5.74, 6) is 0. The smallest absolute Gasteiger partial charge is 0.157 e. The minimum Gasteiger partial charge on any atom is -0.790 e. The van der Waals surface area contributed by atoms with Crippen molar-refractivity contribution in [1.29, 1.82) is 0 Å². The molecule has 0 saturated carbocycles. The van der Waals surface area contributed by atoms with Crippen molar-refractivity contribution in [1.82, 2.24) is 0 Å². The Kier molecular flexibility index (Phi) is 3.42. The molecule has 1 aliphatic heterocycles. The fourth-order valence-corrected chi connectivity index (χ4v) is 1.35. The second kappa shape index (κ2) is 4.02. The van der Waals surface area contributed by atoms with E-state index in [1.165, 1.54) is 0 Å². The maximum Gasteiger partial charge on any atom is 0.157 e. The average molecular weight is 212 g/mol. The lowest BCUT2D eigenvalue weighted by Crippen LogP contribution is -2.29. The van der Waals surface area contributed by atoms with Gasteiger partial charge in [0.05, 0.1) is 20.5 Å². The fourth-order valence-electron chi connectivity index (χ4n) is 1.02. The molecule has 13 heavy (non-hydrogen) atoms. The van der Waals surface area contributed by atoms with Gasteiger partial charge >= 0.3 is 0 Å². The molecule has 1 rings (SSSR count). The van der Waals surface area contributed by atoms with Gasteiger partial charge in [0.15, 0.2) is 6.29 Å². The normalized spacial score (nSPS) is 35.2. The molecule has 0 aliphatic carbocycles. The lowest BCUT2D eigenvalue weighted by molar-refractivity contribution is -0.343. The molecule has 0 amide bonds. The summed E-state index contributed by atoms with van der Waals surface area (Å²) in [5.41, 5.74) is 0. The predicted octanol–water partition coefficient (Wildman–Crippen LogP) is -2.70. The molecule has 1 heterocycles. The lowest BCUT2D eigenvalue weighted by atomic mass is 10.2. The van der Waals surface area contributed by atoms with Gasteiger partial charge < -0.3 is 33.8 Å². The fraction of sp³-hybridized carbons (Fsp3) is 1.00. The van der Waals surface area contributed by atoms with Crippen molar-refractivity contribution < 1.29 is 33.8 Å². The van der Waals surface area contributed by atoms with Crippen molar-refractivity contribution in [3.63, 3.8) is 0 Å². The quantitative estimate of drug-likeness (QED) is 0.488. The summed E-state index contributed by atoms with van der Waals surface area (Å²) >= 11 is 0. The van der Waals surface area contributed by atoms with Crippen molar-refractivity contribution in [2.45, 2.75) is 24.9 Å². The second-order valence-corrected chi connectivity index (χ2v) is 3.83. The van der Waals surface area contributed by atoms with Gasteiger partial charge in [0.25, 0.3) is 0 Å². The third-order valence-corrected chi connectivity index (χ3v) is 2.07. The van der Waals surface area contributed by atoms with E-state index in [-0.39, 0.29) is 6.42 Å². The van der Waals surface area contributed by atoms with E-state index in [0.29, 0.717) is 0 Å². The van der Waals surface area contributed by atoms with Gasteiger partial charge in [0.2, 0.25) is 0 Å². The van der Waals surface area contributed by atoms with Crippen molar-refractivity contribution in [3.8, 4) is 0 Å². The number of phosphoric ester groups is 1. The van der Waals surface area contributed by atoms with Crippen molar-refractivity contribution in [2.24, 2.45) is 0 Å². The summed E-state index contributed by atoms with van der Waals surface area (Å²) in [5, 5.41) is 17.9. The van der Waals surface area contributed by atoms with Crippen LogP contribution >= 0.6 is 7.82 Å². The first kappa shape index (κ1) is 11.1. The second-order valence-electron chi connectivity index (χ2n) is 2.68. The molecule has 78 valence electrons. The molecule has 0 radical (unpaired) electrons. The first-order valence-corrected chi connectivity index (χ1v) is 5.03. The van der Waals surface area contributed by atoms with Crippen LogP contribution in [0.25, 0.3) is 0 Å². The van der Waals surface area contributed by atoms with E-state index in [1.807, 2.05) is 0 Å². The third kappa shape index (κ3) is 3.70. The summed E-state index contributed by atoms with van der Waals surface area (Å²) in [7, 11) is -5.04. The molecule has 7 nitrogen and oxygen atoms in total. The van der Waals surface area contributed by atoms with Crippen molar-refractivity contribution in [3.05, 3.63) is 0 Å². The summed E-state index contributed by atoms with van der Waals surface area (Å²) in [4.78, 5) is 20.1. The summed E-state index contributed by atoms with van der Waals surface area (Å²) in [6.45, 7) is -0.567. The van der Waals surface area contributed by atoms with E-state index in [0.717, 1.165) is 0 Å². The zero-order valence-corrected chi connectivity index (χ0v) is 7.42. The Balaban J connectivity index is 2.34. The van der Waals surface area contributed by atoms with E-state index < -0.39 is 32.9 Å². The van der Waals surface area contributed by atoms with Gasteiger partial charge in [0.1, 0.15) is 6.10 Å². The van der Waals surface area contributed by atoms with E-state index in [9.17, 15) is 14.4 Å². The largest absolute Gasteiger partial charge is 0.790 e. The number of hydrogen-bond donors (Lipinski definition) is 2.